The molecule has 0 saturated heterocycles. The van der Waals surface area contributed by atoms with Gasteiger partial charge in [-0.2, -0.15) is 0 Å². The molecule has 60 valence electrons. The van der Waals surface area contributed by atoms with Crippen molar-refractivity contribution in [3.63, 3.8) is 0 Å². The lowest BCUT2D eigenvalue weighted by molar-refractivity contribution is 0.497. The van der Waals surface area contributed by atoms with Gasteiger partial charge in [0.15, 0.2) is 6.39 Å². The van der Waals surface area contributed by atoms with Crippen LogP contribution in [0.1, 0.15) is 30.7 Å². The van der Waals surface area contributed by atoms with Gasteiger partial charge in [-0.15, -0.1) is 0 Å². The van der Waals surface area contributed by atoms with E-state index in [1.165, 1.54) is 12.8 Å². The molecule has 0 spiro atoms. The van der Waals surface area contributed by atoms with Gasteiger partial charge in [-0.25, -0.2) is 4.98 Å². The zero-order valence-corrected chi connectivity index (χ0v) is 6.58. The molecule has 2 atom stereocenters. The minimum atomic E-state index is 0.495. The fourth-order valence-electron chi connectivity index (χ4n) is 1.42. The zero-order chi connectivity index (χ0) is 7.84. The van der Waals surface area contributed by atoms with Crippen LogP contribution in [0.15, 0.2) is 10.8 Å². The van der Waals surface area contributed by atoms with Crippen LogP contribution in [-0.2, 0) is 6.54 Å². The van der Waals surface area contributed by atoms with E-state index in [-0.39, 0.29) is 0 Å². The Labute approximate surface area is 65.6 Å². The van der Waals surface area contributed by atoms with E-state index in [0.717, 1.165) is 17.4 Å². The van der Waals surface area contributed by atoms with E-state index in [0.29, 0.717) is 12.5 Å². The summed E-state index contributed by atoms with van der Waals surface area (Å²) in [5, 5.41) is 0. The van der Waals surface area contributed by atoms with Crippen molar-refractivity contribution in [2.75, 3.05) is 0 Å². The summed E-state index contributed by atoms with van der Waals surface area (Å²) in [6.45, 7) is 2.71. The highest BCUT2D eigenvalue weighted by Gasteiger charge is 2.38. The van der Waals surface area contributed by atoms with Gasteiger partial charge < -0.3 is 10.2 Å². The van der Waals surface area contributed by atoms with Crippen molar-refractivity contribution in [2.24, 2.45) is 11.7 Å². The number of rotatable bonds is 2. The fourth-order valence-corrected chi connectivity index (χ4v) is 1.42. The summed E-state index contributed by atoms with van der Waals surface area (Å²) in [6, 6.07) is 0. The van der Waals surface area contributed by atoms with Crippen molar-refractivity contribution in [1.82, 2.24) is 4.98 Å². The molecule has 1 saturated carbocycles. The maximum Gasteiger partial charge on any atom is 0.181 e. The first kappa shape index (κ1) is 6.85. The maximum absolute atomic E-state index is 5.48. The SMILES string of the molecule is CC1CC1c1ocnc1CN. The van der Waals surface area contributed by atoms with Crippen molar-refractivity contribution in [2.45, 2.75) is 25.8 Å². The molecule has 0 radical (unpaired) electrons. The van der Waals surface area contributed by atoms with E-state index in [4.69, 9.17) is 10.2 Å². The predicted molar refractivity (Wildman–Crippen MR) is 40.9 cm³/mol. The Kier molecular flexibility index (Phi) is 1.46. The summed E-state index contributed by atoms with van der Waals surface area (Å²) in [4.78, 5) is 4.04. The minimum absolute atomic E-state index is 0.495. The molecule has 2 unspecified atom stereocenters. The van der Waals surface area contributed by atoms with Gasteiger partial charge in [0.1, 0.15) is 5.76 Å². The van der Waals surface area contributed by atoms with Gasteiger partial charge in [0, 0.05) is 12.5 Å². The predicted octanol–water partition coefficient (Wildman–Crippen LogP) is 1.26. The van der Waals surface area contributed by atoms with E-state index in [2.05, 4.69) is 11.9 Å². The van der Waals surface area contributed by atoms with Crippen LogP contribution in [0.25, 0.3) is 0 Å². The largest absolute Gasteiger partial charge is 0.448 e. The van der Waals surface area contributed by atoms with E-state index >= 15 is 0 Å². The molecule has 0 aliphatic heterocycles. The van der Waals surface area contributed by atoms with Crippen LogP contribution in [0.4, 0.5) is 0 Å². The van der Waals surface area contributed by atoms with E-state index in [9.17, 15) is 0 Å². The Bertz CT molecular complexity index is 256. The van der Waals surface area contributed by atoms with Gasteiger partial charge in [-0.1, -0.05) is 6.92 Å². The number of hydrogen-bond donors (Lipinski definition) is 1. The summed E-state index contributed by atoms with van der Waals surface area (Å²) in [5.41, 5.74) is 6.41. The first-order valence-corrected chi connectivity index (χ1v) is 3.95. The van der Waals surface area contributed by atoms with Crippen molar-refractivity contribution in [3.8, 4) is 0 Å². The smallest absolute Gasteiger partial charge is 0.181 e. The Morgan fingerprint density at radius 1 is 1.82 bits per heavy atom. The monoisotopic (exact) mass is 152 g/mol. The Morgan fingerprint density at radius 2 is 2.55 bits per heavy atom. The van der Waals surface area contributed by atoms with Crippen LogP contribution in [0.2, 0.25) is 0 Å². The molecule has 1 fully saturated rings. The average molecular weight is 152 g/mol. The van der Waals surface area contributed by atoms with E-state index in [1.807, 2.05) is 0 Å². The van der Waals surface area contributed by atoms with Gasteiger partial charge in [0.2, 0.25) is 0 Å². The third-order valence-electron chi connectivity index (χ3n) is 2.31. The number of aromatic nitrogens is 1. The lowest BCUT2D eigenvalue weighted by Crippen LogP contribution is -1.99. The van der Waals surface area contributed by atoms with Crippen LogP contribution in [-0.4, -0.2) is 4.98 Å². The molecule has 1 aliphatic rings. The Morgan fingerprint density at radius 3 is 3.09 bits per heavy atom. The summed E-state index contributed by atoms with van der Waals surface area (Å²) in [7, 11) is 0. The van der Waals surface area contributed by atoms with Crippen LogP contribution >= 0.6 is 0 Å². The molecule has 3 nitrogen and oxygen atoms in total. The zero-order valence-electron chi connectivity index (χ0n) is 6.58. The first-order valence-electron chi connectivity index (χ1n) is 3.95. The van der Waals surface area contributed by atoms with Gasteiger partial charge in [-0.05, 0) is 12.3 Å². The molecule has 3 heteroatoms. The van der Waals surface area contributed by atoms with Crippen molar-refractivity contribution in [1.29, 1.82) is 0 Å². The number of hydrogen-bond acceptors (Lipinski definition) is 3. The van der Waals surface area contributed by atoms with Gasteiger partial charge >= 0.3 is 0 Å². The standard InChI is InChI=1S/C8H12N2O/c1-5-2-6(5)8-7(3-9)10-4-11-8/h4-6H,2-3,9H2,1H3. The highest BCUT2D eigenvalue weighted by atomic mass is 16.3. The molecular weight excluding hydrogens is 140 g/mol. The minimum Gasteiger partial charge on any atom is -0.448 e. The average Bonchev–Trinajstić information content (AvgIpc) is 2.58. The number of oxazole rings is 1. The van der Waals surface area contributed by atoms with E-state index < -0.39 is 0 Å². The maximum atomic E-state index is 5.48. The highest BCUT2D eigenvalue weighted by Crippen LogP contribution is 2.47. The molecule has 1 aromatic heterocycles. The lowest BCUT2D eigenvalue weighted by atomic mass is 10.2. The van der Waals surface area contributed by atoms with Crippen LogP contribution in [0, 0.1) is 5.92 Å². The summed E-state index contributed by atoms with van der Waals surface area (Å²) in [6.07, 6.45) is 2.71. The van der Waals surface area contributed by atoms with Crippen molar-refractivity contribution >= 4 is 0 Å². The van der Waals surface area contributed by atoms with Gasteiger partial charge in [0.05, 0.1) is 5.69 Å². The highest BCUT2D eigenvalue weighted by molar-refractivity contribution is 5.19. The second-order valence-electron chi connectivity index (χ2n) is 3.19. The number of nitrogens with two attached hydrogens (primary N) is 1. The molecule has 1 aromatic rings. The molecule has 2 N–H and O–H groups in total. The van der Waals surface area contributed by atoms with Crippen molar-refractivity contribution in [3.05, 3.63) is 17.8 Å². The third kappa shape index (κ3) is 1.05. The molecule has 2 rings (SSSR count). The van der Waals surface area contributed by atoms with Crippen LogP contribution in [0.5, 0.6) is 0 Å². The van der Waals surface area contributed by atoms with E-state index in [1.54, 1.807) is 0 Å². The number of nitrogens with zero attached hydrogens (tertiary/aromatic N) is 1. The third-order valence-corrected chi connectivity index (χ3v) is 2.31. The lowest BCUT2D eigenvalue weighted by Gasteiger charge is -1.93. The second-order valence-corrected chi connectivity index (χ2v) is 3.19. The molecular formula is C8H12N2O. The van der Waals surface area contributed by atoms with Gasteiger partial charge in [-0.3, -0.25) is 0 Å². The summed E-state index contributed by atoms with van der Waals surface area (Å²) >= 11 is 0. The topological polar surface area (TPSA) is 52.0 Å². The quantitative estimate of drug-likeness (QED) is 0.694. The summed E-state index contributed by atoms with van der Waals surface area (Å²) in [5.74, 6) is 2.37. The van der Waals surface area contributed by atoms with Gasteiger partial charge in [0.25, 0.3) is 0 Å². The molecule has 11 heavy (non-hydrogen) atoms. The second kappa shape index (κ2) is 2.34. The molecule has 0 amide bonds. The molecule has 1 aliphatic carbocycles. The molecule has 0 bridgehead atoms. The molecule has 1 heterocycles. The van der Waals surface area contributed by atoms with Crippen LogP contribution < -0.4 is 5.73 Å². The van der Waals surface area contributed by atoms with Crippen molar-refractivity contribution < 1.29 is 4.42 Å². The van der Waals surface area contributed by atoms with Crippen LogP contribution in [0.3, 0.4) is 0 Å². The molecule has 0 aromatic carbocycles. The first-order chi connectivity index (χ1) is 5.33. The normalized spacial score (nSPS) is 28.9. The Hall–Kier alpha value is -0.830. The fraction of sp³-hybridized carbons (Fsp3) is 0.625. The Balaban J connectivity index is 2.23. The summed E-state index contributed by atoms with van der Waals surface area (Å²) < 4.78 is 5.26.